The van der Waals surface area contributed by atoms with Crippen LogP contribution in [0.5, 0.6) is 0 Å². The van der Waals surface area contributed by atoms with Gasteiger partial charge in [-0.05, 0) is 42.7 Å². The van der Waals surface area contributed by atoms with Gasteiger partial charge in [0.25, 0.3) is 0 Å². The van der Waals surface area contributed by atoms with Crippen LogP contribution >= 0.6 is 0 Å². The maximum atomic E-state index is 3.63. The van der Waals surface area contributed by atoms with Crippen LogP contribution in [-0.2, 0) is 6.42 Å². The molecule has 1 heteroatoms. The average Bonchev–Trinajstić information content (AvgIpc) is 2.39. The lowest BCUT2D eigenvalue weighted by atomic mass is 9.82. The second-order valence-electron chi connectivity index (χ2n) is 5.25. The number of aryl methyl sites for hydroxylation is 1. The fraction of sp³-hybridized carbons (Fsp3) is 0.600. The van der Waals surface area contributed by atoms with Gasteiger partial charge in [-0.3, -0.25) is 0 Å². The van der Waals surface area contributed by atoms with E-state index in [0.29, 0.717) is 0 Å². The van der Waals surface area contributed by atoms with Gasteiger partial charge < -0.3 is 5.32 Å². The predicted octanol–water partition coefficient (Wildman–Crippen LogP) is 4.09. The van der Waals surface area contributed by atoms with Gasteiger partial charge >= 0.3 is 0 Å². The third-order valence-electron chi connectivity index (χ3n) is 4.15. The van der Waals surface area contributed by atoms with Crippen molar-refractivity contribution in [1.29, 1.82) is 0 Å². The van der Waals surface area contributed by atoms with Crippen LogP contribution in [0.3, 0.4) is 0 Å². The highest BCUT2D eigenvalue weighted by molar-refractivity contribution is 5.60. The molecule has 1 heterocycles. The molecule has 0 bridgehead atoms. The second kappa shape index (κ2) is 4.48. The summed E-state index contributed by atoms with van der Waals surface area (Å²) >= 11 is 0. The topological polar surface area (TPSA) is 12.0 Å². The van der Waals surface area contributed by atoms with Crippen molar-refractivity contribution in [2.24, 2.45) is 0 Å². The quantitative estimate of drug-likeness (QED) is 0.744. The van der Waals surface area contributed by atoms with Crippen molar-refractivity contribution < 1.29 is 0 Å². The first-order chi connectivity index (χ1) is 7.95. The second-order valence-corrected chi connectivity index (χ2v) is 5.25. The van der Waals surface area contributed by atoms with Gasteiger partial charge in [-0.15, -0.1) is 0 Å². The number of benzene rings is 1. The minimum atomic E-state index is 0.828. The van der Waals surface area contributed by atoms with E-state index in [1.807, 2.05) is 0 Å². The van der Waals surface area contributed by atoms with Crippen LogP contribution in [0.15, 0.2) is 18.2 Å². The van der Waals surface area contributed by atoms with E-state index in [1.54, 1.807) is 11.1 Å². The fourth-order valence-corrected chi connectivity index (χ4v) is 3.29. The van der Waals surface area contributed by atoms with Gasteiger partial charge in [-0.1, -0.05) is 37.5 Å². The molecule has 0 spiro atoms. The molecule has 86 valence electrons. The molecule has 1 N–H and O–H groups in total. The molecule has 1 aliphatic carbocycles. The van der Waals surface area contributed by atoms with E-state index >= 15 is 0 Å². The number of rotatable bonds is 1. The SMILES string of the molecule is c1cc2c(c(C3CCCCC3)c1)NCCC2. The molecular weight excluding hydrogens is 194 g/mol. The van der Waals surface area contributed by atoms with E-state index in [1.165, 1.54) is 50.6 Å². The van der Waals surface area contributed by atoms with Crippen LogP contribution in [-0.4, -0.2) is 6.54 Å². The first-order valence-electron chi connectivity index (χ1n) is 6.81. The van der Waals surface area contributed by atoms with Crippen LogP contribution in [0.2, 0.25) is 0 Å². The number of nitrogens with one attached hydrogen (secondary N) is 1. The summed E-state index contributed by atoms with van der Waals surface area (Å²) in [6.07, 6.45) is 9.65. The zero-order valence-corrected chi connectivity index (χ0v) is 9.97. The minimum absolute atomic E-state index is 0.828. The van der Waals surface area contributed by atoms with E-state index < -0.39 is 0 Å². The van der Waals surface area contributed by atoms with Crippen molar-refractivity contribution in [1.82, 2.24) is 0 Å². The Hall–Kier alpha value is -0.980. The summed E-state index contributed by atoms with van der Waals surface area (Å²) < 4.78 is 0. The smallest absolute Gasteiger partial charge is 0.0408 e. The molecular formula is C15H21N. The molecule has 3 rings (SSSR count). The van der Waals surface area contributed by atoms with Gasteiger partial charge in [0, 0.05) is 12.2 Å². The third kappa shape index (κ3) is 1.83. The highest BCUT2D eigenvalue weighted by atomic mass is 14.9. The predicted molar refractivity (Wildman–Crippen MR) is 69.1 cm³/mol. The molecule has 0 amide bonds. The van der Waals surface area contributed by atoms with Crippen LogP contribution in [0, 0.1) is 0 Å². The molecule has 1 fully saturated rings. The summed E-state index contributed by atoms with van der Waals surface area (Å²) in [6.45, 7) is 1.16. The van der Waals surface area contributed by atoms with E-state index in [9.17, 15) is 0 Å². The Kier molecular flexibility index (Phi) is 2.86. The summed E-state index contributed by atoms with van der Waals surface area (Å²) in [5, 5.41) is 3.63. The summed E-state index contributed by atoms with van der Waals surface area (Å²) in [6, 6.07) is 6.91. The van der Waals surface area contributed by atoms with E-state index in [2.05, 4.69) is 23.5 Å². The molecule has 0 atom stereocenters. The first-order valence-corrected chi connectivity index (χ1v) is 6.81. The molecule has 0 radical (unpaired) electrons. The number of anilines is 1. The zero-order valence-electron chi connectivity index (χ0n) is 9.97. The van der Waals surface area contributed by atoms with Crippen molar-refractivity contribution >= 4 is 5.69 Å². The molecule has 0 unspecified atom stereocenters. The average molecular weight is 215 g/mol. The number of hydrogen-bond acceptors (Lipinski definition) is 1. The normalized spacial score (nSPS) is 21.2. The van der Waals surface area contributed by atoms with Crippen LogP contribution in [0.25, 0.3) is 0 Å². The molecule has 0 aromatic heterocycles. The van der Waals surface area contributed by atoms with Crippen molar-refractivity contribution in [2.75, 3.05) is 11.9 Å². The van der Waals surface area contributed by atoms with Gasteiger partial charge in [-0.25, -0.2) is 0 Å². The monoisotopic (exact) mass is 215 g/mol. The summed E-state index contributed by atoms with van der Waals surface area (Å²) in [5.74, 6) is 0.828. The van der Waals surface area contributed by atoms with Crippen molar-refractivity contribution in [3.8, 4) is 0 Å². The van der Waals surface area contributed by atoms with E-state index in [0.717, 1.165) is 12.5 Å². The molecule has 1 nitrogen and oxygen atoms in total. The number of para-hydroxylation sites is 1. The molecule has 0 saturated heterocycles. The summed E-state index contributed by atoms with van der Waals surface area (Å²) in [7, 11) is 0. The Morgan fingerprint density at radius 1 is 1.00 bits per heavy atom. The largest absolute Gasteiger partial charge is 0.385 e. The highest BCUT2D eigenvalue weighted by Crippen LogP contribution is 2.38. The molecule has 1 aromatic carbocycles. The van der Waals surface area contributed by atoms with Crippen LogP contribution < -0.4 is 5.32 Å². The third-order valence-corrected chi connectivity index (χ3v) is 4.15. The summed E-state index contributed by atoms with van der Waals surface area (Å²) in [5.41, 5.74) is 4.65. The van der Waals surface area contributed by atoms with Gasteiger partial charge in [0.2, 0.25) is 0 Å². The van der Waals surface area contributed by atoms with E-state index in [4.69, 9.17) is 0 Å². The van der Waals surface area contributed by atoms with Gasteiger partial charge in [0.1, 0.15) is 0 Å². The molecule has 16 heavy (non-hydrogen) atoms. The minimum Gasteiger partial charge on any atom is -0.385 e. The van der Waals surface area contributed by atoms with Gasteiger partial charge in [0.05, 0.1) is 0 Å². The molecule has 1 aromatic rings. The number of hydrogen-bond donors (Lipinski definition) is 1. The maximum Gasteiger partial charge on any atom is 0.0408 e. The lowest BCUT2D eigenvalue weighted by molar-refractivity contribution is 0.444. The van der Waals surface area contributed by atoms with Gasteiger partial charge in [-0.2, -0.15) is 0 Å². The Morgan fingerprint density at radius 3 is 2.75 bits per heavy atom. The fourth-order valence-electron chi connectivity index (χ4n) is 3.29. The lowest BCUT2D eigenvalue weighted by Crippen LogP contribution is -2.16. The van der Waals surface area contributed by atoms with Crippen molar-refractivity contribution in [3.05, 3.63) is 29.3 Å². The molecule has 1 aliphatic heterocycles. The molecule has 1 saturated carbocycles. The zero-order chi connectivity index (χ0) is 10.8. The van der Waals surface area contributed by atoms with Crippen molar-refractivity contribution in [2.45, 2.75) is 50.9 Å². The molecule has 2 aliphatic rings. The van der Waals surface area contributed by atoms with Crippen LogP contribution in [0.4, 0.5) is 5.69 Å². The van der Waals surface area contributed by atoms with Crippen molar-refractivity contribution in [3.63, 3.8) is 0 Å². The Balaban J connectivity index is 1.93. The maximum absolute atomic E-state index is 3.63. The highest BCUT2D eigenvalue weighted by Gasteiger charge is 2.21. The van der Waals surface area contributed by atoms with E-state index in [-0.39, 0.29) is 0 Å². The Morgan fingerprint density at radius 2 is 1.88 bits per heavy atom. The Labute approximate surface area is 98.3 Å². The standard InChI is InChI=1S/C15H21N/c1-2-6-12(7-3-1)14-10-4-8-13-9-5-11-16-15(13)14/h4,8,10,12,16H,1-3,5-7,9,11H2. The van der Waals surface area contributed by atoms with Gasteiger partial charge in [0.15, 0.2) is 0 Å². The Bertz CT molecular complexity index is 364. The van der Waals surface area contributed by atoms with Crippen LogP contribution in [0.1, 0.15) is 55.6 Å². The first kappa shape index (κ1) is 10.2. The summed E-state index contributed by atoms with van der Waals surface area (Å²) in [4.78, 5) is 0. The lowest BCUT2D eigenvalue weighted by Gasteiger charge is -2.28. The number of fused-ring (bicyclic) bond motifs is 1.